The number of rotatable bonds is 6. The second-order valence-corrected chi connectivity index (χ2v) is 11.9. The zero-order chi connectivity index (χ0) is 26.5. The number of ether oxygens (including phenoxy) is 1. The van der Waals surface area contributed by atoms with Crippen LogP contribution in [0.3, 0.4) is 0 Å². The Morgan fingerprint density at radius 3 is 2.70 bits per heavy atom. The van der Waals surface area contributed by atoms with Crippen molar-refractivity contribution in [3.8, 4) is 0 Å². The molecule has 4 N–H and O–H groups in total. The van der Waals surface area contributed by atoms with Gasteiger partial charge in [-0.3, -0.25) is 14.5 Å². The van der Waals surface area contributed by atoms with Crippen molar-refractivity contribution in [2.24, 2.45) is 11.7 Å². The van der Waals surface area contributed by atoms with Gasteiger partial charge in [0.05, 0.1) is 0 Å². The predicted molar refractivity (Wildman–Crippen MR) is 136 cm³/mol. The smallest absolute Gasteiger partial charge is 0.411 e. The van der Waals surface area contributed by atoms with Gasteiger partial charge in [-0.1, -0.05) is 6.07 Å². The summed E-state index contributed by atoms with van der Waals surface area (Å²) in [5.41, 5.74) is 6.07. The van der Waals surface area contributed by atoms with Crippen LogP contribution in [-0.4, -0.2) is 71.7 Å². The highest BCUT2D eigenvalue weighted by Gasteiger charge is 2.52. The third-order valence-electron chi connectivity index (χ3n) is 8.30. The highest BCUT2D eigenvalue weighted by molar-refractivity contribution is 5.91. The van der Waals surface area contributed by atoms with Gasteiger partial charge in [-0.15, -0.1) is 0 Å². The van der Waals surface area contributed by atoms with E-state index in [0.717, 1.165) is 50.9 Å². The first kappa shape index (κ1) is 25.8. The lowest BCUT2D eigenvalue weighted by atomic mass is 9.97. The molecule has 2 unspecified atom stereocenters. The molecular formula is C27H38FN5O4. The molecule has 202 valence electrons. The van der Waals surface area contributed by atoms with Crippen LogP contribution >= 0.6 is 0 Å². The average molecular weight is 516 g/mol. The Morgan fingerprint density at radius 2 is 2.00 bits per heavy atom. The molecule has 3 aliphatic heterocycles. The largest absolute Gasteiger partial charge is 0.444 e. The molecule has 5 rings (SSSR count). The molecule has 37 heavy (non-hydrogen) atoms. The summed E-state index contributed by atoms with van der Waals surface area (Å²) in [5.74, 6) is -1.63. The fourth-order valence-electron chi connectivity index (χ4n) is 6.67. The number of halogens is 1. The number of nitrogens with two attached hydrogens (primary N) is 1. The minimum Gasteiger partial charge on any atom is -0.444 e. The maximum Gasteiger partial charge on any atom is 0.411 e. The van der Waals surface area contributed by atoms with E-state index in [2.05, 4.69) is 15.5 Å². The molecule has 0 spiro atoms. The second kappa shape index (κ2) is 9.78. The highest BCUT2D eigenvalue weighted by atomic mass is 19.1. The van der Waals surface area contributed by atoms with E-state index in [1.165, 1.54) is 11.0 Å². The number of carbonyl (C=O) groups is 3. The number of carbonyl (C=O) groups excluding carboxylic acids is 3. The molecule has 1 aromatic rings. The van der Waals surface area contributed by atoms with E-state index in [4.69, 9.17) is 10.5 Å². The van der Waals surface area contributed by atoms with Gasteiger partial charge in [0.2, 0.25) is 11.8 Å². The number of primary amides is 1. The summed E-state index contributed by atoms with van der Waals surface area (Å²) in [6.45, 7) is 7.19. The van der Waals surface area contributed by atoms with Gasteiger partial charge in [-0.2, -0.15) is 0 Å². The van der Waals surface area contributed by atoms with E-state index in [9.17, 15) is 14.4 Å². The lowest BCUT2D eigenvalue weighted by Crippen LogP contribution is -2.57. The van der Waals surface area contributed by atoms with Gasteiger partial charge < -0.3 is 26.0 Å². The zero-order valence-corrected chi connectivity index (χ0v) is 21.8. The fraction of sp³-hybridized carbons (Fsp3) is 0.667. The van der Waals surface area contributed by atoms with Gasteiger partial charge in [0.25, 0.3) is 0 Å². The molecule has 3 heterocycles. The van der Waals surface area contributed by atoms with Gasteiger partial charge in [0, 0.05) is 36.8 Å². The molecule has 1 aliphatic carbocycles. The molecule has 6 atom stereocenters. The first-order valence-electron chi connectivity index (χ1n) is 13.4. The maximum atomic E-state index is 15.2. The molecule has 0 aromatic heterocycles. The third-order valence-corrected chi connectivity index (χ3v) is 8.30. The summed E-state index contributed by atoms with van der Waals surface area (Å²) in [4.78, 5) is 42.3. The van der Waals surface area contributed by atoms with Crippen LogP contribution in [0.2, 0.25) is 0 Å². The van der Waals surface area contributed by atoms with Crippen molar-refractivity contribution in [2.75, 3.05) is 18.0 Å². The predicted octanol–water partition coefficient (Wildman–Crippen LogP) is 2.07. The Morgan fingerprint density at radius 1 is 1.22 bits per heavy atom. The number of hydrogen-bond acceptors (Lipinski definition) is 6. The van der Waals surface area contributed by atoms with Crippen LogP contribution in [0.15, 0.2) is 18.2 Å². The number of anilines is 1. The Kier molecular flexibility index (Phi) is 6.81. The van der Waals surface area contributed by atoms with Crippen molar-refractivity contribution in [1.82, 2.24) is 15.5 Å². The lowest BCUT2D eigenvalue weighted by molar-refractivity contribution is -0.132. The zero-order valence-electron chi connectivity index (χ0n) is 21.8. The Balaban J connectivity index is 1.28. The Labute approximate surface area is 217 Å². The first-order valence-corrected chi connectivity index (χ1v) is 13.4. The number of nitrogens with one attached hydrogen (secondary N) is 2. The molecule has 4 aliphatic rings. The Bertz CT molecular complexity index is 1080. The van der Waals surface area contributed by atoms with Crippen LogP contribution in [-0.2, 0) is 20.7 Å². The summed E-state index contributed by atoms with van der Waals surface area (Å²) < 4.78 is 20.7. The molecule has 1 saturated carbocycles. The van der Waals surface area contributed by atoms with Gasteiger partial charge >= 0.3 is 6.09 Å². The Hall–Kier alpha value is -2.88. The van der Waals surface area contributed by atoms with Crippen molar-refractivity contribution in [1.29, 1.82) is 0 Å². The SMILES string of the molecule is CC(C)(C)OC(=O)N1[C@@H]2CC[C@@H](C2)[C@H]1C(=O)N[C@@H](Cc1ccc(N2CCC3NCCC32)cc1F)C(N)=O. The fourth-order valence-corrected chi connectivity index (χ4v) is 6.67. The van der Waals surface area contributed by atoms with Gasteiger partial charge in [0.15, 0.2) is 0 Å². The van der Waals surface area contributed by atoms with Crippen molar-refractivity contribution >= 4 is 23.6 Å². The summed E-state index contributed by atoms with van der Waals surface area (Å²) in [6, 6.07) is 3.99. The highest BCUT2D eigenvalue weighted by Crippen LogP contribution is 2.43. The van der Waals surface area contributed by atoms with Crippen LogP contribution in [0, 0.1) is 11.7 Å². The molecule has 3 amide bonds. The summed E-state index contributed by atoms with van der Waals surface area (Å²) in [7, 11) is 0. The van der Waals surface area contributed by atoms with E-state index < -0.39 is 41.4 Å². The van der Waals surface area contributed by atoms with E-state index in [1.54, 1.807) is 26.8 Å². The van der Waals surface area contributed by atoms with E-state index >= 15 is 4.39 Å². The van der Waals surface area contributed by atoms with Gasteiger partial charge in [-0.05, 0) is 83.0 Å². The number of nitrogens with zero attached hydrogens (tertiary/aromatic N) is 2. The second-order valence-electron chi connectivity index (χ2n) is 11.9. The minimum atomic E-state index is -1.09. The van der Waals surface area contributed by atoms with Gasteiger partial charge in [0.1, 0.15) is 23.5 Å². The topological polar surface area (TPSA) is 117 Å². The van der Waals surface area contributed by atoms with Crippen molar-refractivity contribution in [3.63, 3.8) is 0 Å². The molecule has 2 bridgehead atoms. The van der Waals surface area contributed by atoms with Crippen LogP contribution in [0.5, 0.6) is 0 Å². The molecule has 0 radical (unpaired) electrons. The minimum absolute atomic E-state index is 0.00331. The molecule has 9 nitrogen and oxygen atoms in total. The third kappa shape index (κ3) is 5.12. The number of benzene rings is 1. The monoisotopic (exact) mass is 515 g/mol. The standard InChI is InChI=1S/C27H38FN5O4/c1-27(2,3)37-26(36)33-18-7-5-16(12-18)23(33)25(35)31-21(24(29)34)13-15-4-6-17(14-19(15)28)32-11-9-20-22(32)8-10-30-20/h4,6,14,16,18,20-23,30H,5,7-13H2,1-3H3,(H2,29,34)(H,31,35)/t16-,18+,20?,21-,22?,23-/m0/s1. The molecule has 1 aromatic carbocycles. The molecular weight excluding hydrogens is 477 g/mol. The van der Waals surface area contributed by atoms with Gasteiger partial charge in [-0.25, -0.2) is 9.18 Å². The average Bonchev–Trinajstić information content (AvgIpc) is 3.59. The lowest BCUT2D eigenvalue weighted by Gasteiger charge is -2.36. The van der Waals surface area contributed by atoms with E-state index in [0.29, 0.717) is 17.6 Å². The normalized spacial score (nSPS) is 29.4. The van der Waals surface area contributed by atoms with Crippen LogP contribution in [0.4, 0.5) is 14.9 Å². The molecule has 3 saturated heterocycles. The number of fused-ring (bicyclic) bond motifs is 3. The van der Waals surface area contributed by atoms with Crippen molar-refractivity contribution in [2.45, 2.75) is 95.1 Å². The summed E-state index contributed by atoms with van der Waals surface area (Å²) in [6.07, 6.45) is 3.85. The quantitative estimate of drug-likeness (QED) is 0.534. The van der Waals surface area contributed by atoms with Crippen LogP contribution in [0.25, 0.3) is 0 Å². The van der Waals surface area contributed by atoms with Crippen molar-refractivity contribution < 1.29 is 23.5 Å². The molecule has 4 fully saturated rings. The maximum absolute atomic E-state index is 15.2. The number of likely N-dealkylation sites (tertiary alicyclic amines) is 1. The van der Waals surface area contributed by atoms with E-state index in [1.807, 2.05) is 6.07 Å². The van der Waals surface area contributed by atoms with E-state index in [-0.39, 0.29) is 18.4 Å². The van der Waals surface area contributed by atoms with Crippen LogP contribution < -0.4 is 21.3 Å². The summed E-state index contributed by atoms with van der Waals surface area (Å²) in [5, 5.41) is 6.21. The number of amides is 3. The van der Waals surface area contributed by atoms with Crippen LogP contribution in [0.1, 0.15) is 58.4 Å². The summed E-state index contributed by atoms with van der Waals surface area (Å²) >= 11 is 0. The number of hydrogen-bond donors (Lipinski definition) is 3. The molecule has 10 heteroatoms. The van der Waals surface area contributed by atoms with Crippen molar-refractivity contribution in [3.05, 3.63) is 29.6 Å². The number of piperidine rings is 1. The first-order chi connectivity index (χ1) is 17.5.